The molecule has 5 nitrogen and oxygen atoms in total. The highest BCUT2D eigenvalue weighted by Gasteiger charge is 2.27. The summed E-state index contributed by atoms with van der Waals surface area (Å²) in [5, 5.41) is 0. The normalized spacial score (nSPS) is 25.3. The Morgan fingerprint density at radius 1 is 0.750 bits per heavy atom. The smallest absolute Gasteiger partial charge is 0.222 e. The van der Waals surface area contributed by atoms with Crippen LogP contribution in [0.15, 0.2) is 0 Å². The largest absolute Gasteiger partial charge is 0.343 e. The molecule has 0 aromatic heterocycles. The Hall–Kier alpha value is -0.940. The van der Waals surface area contributed by atoms with E-state index in [1.807, 2.05) is 0 Å². The third-order valence-electron chi connectivity index (χ3n) is 6.41. The van der Waals surface area contributed by atoms with Crippen molar-refractivity contribution in [3.05, 3.63) is 0 Å². The van der Waals surface area contributed by atoms with E-state index < -0.39 is 0 Å². The minimum Gasteiger partial charge on any atom is -0.343 e. The van der Waals surface area contributed by atoms with Crippen LogP contribution in [-0.2, 0) is 9.59 Å². The predicted octanol–water partition coefficient (Wildman–Crippen LogP) is 3.89. The van der Waals surface area contributed by atoms with Crippen LogP contribution >= 0.6 is 0 Å². The minimum absolute atomic E-state index is 0.130. The van der Waals surface area contributed by atoms with Crippen LogP contribution < -0.4 is 5.73 Å². The van der Waals surface area contributed by atoms with Crippen molar-refractivity contribution < 1.29 is 9.59 Å². The molecule has 0 unspecified atom stereocenters. The SMILES string of the molecule is NCCCCN1CCCN2CCCC[C@@H]2C(=O)CCCCCCCCCC1=O. The van der Waals surface area contributed by atoms with Gasteiger partial charge in [-0.05, 0) is 58.0 Å². The number of ketones is 1. The maximum Gasteiger partial charge on any atom is 0.222 e. The number of carbonyl (C=O) groups excluding carboxylic acids is 2. The highest BCUT2D eigenvalue weighted by molar-refractivity contribution is 5.84. The number of carbonyl (C=O) groups is 2. The number of rotatable bonds is 4. The first-order chi connectivity index (χ1) is 13.7. The van der Waals surface area contributed by atoms with E-state index in [1.165, 1.54) is 38.5 Å². The van der Waals surface area contributed by atoms with Crippen molar-refractivity contribution in [3.63, 3.8) is 0 Å². The number of hydrogen-bond acceptors (Lipinski definition) is 4. The summed E-state index contributed by atoms with van der Waals surface area (Å²) in [5.74, 6) is 0.771. The summed E-state index contributed by atoms with van der Waals surface area (Å²) in [7, 11) is 0. The van der Waals surface area contributed by atoms with Crippen LogP contribution in [0, 0.1) is 0 Å². The van der Waals surface area contributed by atoms with Gasteiger partial charge in [-0.1, -0.05) is 38.5 Å². The summed E-state index contributed by atoms with van der Waals surface area (Å²) < 4.78 is 0. The lowest BCUT2D eigenvalue weighted by molar-refractivity contribution is -0.132. The number of Topliss-reactive ketones (excluding diaryl/α,β-unsaturated/α-hetero) is 1. The Kier molecular flexibility index (Phi) is 11.8. The van der Waals surface area contributed by atoms with E-state index in [4.69, 9.17) is 5.73 Å². The second-order valence-corrected chi connectivity index (χ2v) is 8.72. The number of unbranched alkanes of at least 4 members (excludes halogenated alkanes) is 1. The van der Waals surface area contributed by atoms with Crippen molar-refractivity contribution in [1.29, 1.82) is 0 Å². The number of piperidine rings is 1. The van der Waals surface area contributed by atoms with E-state index >= 15 is 0 Å². The number of amides is 1. The van der Waals surface area contributed by atoms with Gasteiger partial charge >= 0.3 is 0 Å². The Morgan fingerprint density at radius 3 is 2.18 bits per heavy atom. The van der Waals surface area contributed by atoms with Crippen LogP contribution in [0.25, 0.3) is 0 Å². The quantitative estimate of drug-likeness (QED) is 0.736. The molecule has 0 aromatic carbocycles. The summed E-state index contributed by atoms with van der Waals surface area (Å²) in [5.41, 5.74) is 5.63. The van der Waals surface area contributed by atoms with E-state index in [0.717, 1.165) is 77.5 Å². The lowest BCUT2D eigenvalue weighted by Crippen LogP contribution is -2.46. The lowest BCUT2D eigenvalue weighted by Gasteiger charge is -2.35. The molecular formula is C23H43N3O2. The topological polar surface area (TPSA) is 66.6 Å². The molecule has 2 fully saturated rings. The fourth-order valence-corrected chi connectivity index (χ4v) is 4.68. The predicted molar refractivity (Wildman–Crippen MR) is 115 cm³/mol. The zero-order valence-corrected chi connectivity index (χ0v) is 18.0. The molecule has 2 saturated heterocycles. The summed E-state index contributed by atoms with van der Waals surface area (Å²) in [6.45, 7) is 4.33. The molecule has 2 aliphatic rings. The van der Waals surface area contributed by atoms with E-state index in [-0.39, 0.29) is 6.04 Å². The number of fused-ring (bicyclic) bond motifs is 1. The van der Waals surface area contributed by atoms with Crippen molar-refractivity contribution in [2.75, 3.05) is 32.7 Å². The second kappa shape index (κ2) is 14.1. The van der Waals surface area contributed by atoms with Gasteiger partial charge in [-0.3, -0.25) is 14.5 Å². The van der Waals surface area contributed by atoms with E-state index in [2.05, 4.69) is 9.80 Å². The Labute approximate surface area is 172 Å². The monoisotopic (exact) mass is 393 g/mol. The van der Waals surface area contributed by atoms with Gasteiger partial charge in [0.1, 0.15) is 5.78 Å². The highest BCUT2D eigenvalue weighted by atomic mass is 16.2. The van der Waals surface area contributed by atoms with Crippen LogP contribution in [0.2, 0.25) is 0 Å². The zero-order valence-electron chi connectivity index (χ0n) is 18.0. The van der Waals surface area contributed by atoms with Crippen molar-refractivity contribution in [2.45, 2.75) is 102 Å². The van der Waals surface area contributed by atoms with Crippen LogP contribution in [-0.4, -0.2) is 60.3 Å². The van der Waals surface area contributed by atoms with Crippen molar-refractivity contribution >= 4 is 11.7 Å². The average Bonchev–Trinajstić information content (AvgIpc) is 2.71. The maximum absolute atomic E-state index is 12.8. The van der Waals surface area contributed by atoms with Crippen molar-refractivity contribution in [1.82, 2.24) is 9.80 Å². The molecular weight excluding hydrogens is 350 g/mol. The van der Waals surface area contributed by atoms with Gasteiger partial charge in [0.05, 0.1) is 6.04 Å². The Balaban J connectivity index is 1.94. The zero-order chi connectivity index (χ0) is 20.0. The second-order valence-electron chi connectivity index (χ2n) is 8.72. The van der Waals surface area contributed by atoms with Gasteiger partial charge < -0.3 is 10.6 Å². The van der Waals surface area contributed by atoms with Crippen LogP contribution in [0.5, 0.6) is 0 Å². The van der Waals surface area contributed by atoms with Gasteiger partial charge in [-0.2, -0.15) is 0 Å². The molecule has 0 saturated carbocycles. The lowest BCUT2D eigenvalue weighted by atomic mass is 9.95. The van der Waals surface area contributed by atoms with Crippen LogP contribution in [0.4, 0.5) is 0 Å². The summed E-state index contributed by atoms with van der Waals surface area (Å²) in [6.07, 6.45) is 15.8. The molecule has 0 aromatic rings. The highest BCUT2D eigenvalue weighted by Crippen LogP contribution is 2.21. The van der Waals surface area contributed by atoms with Gasteiger partial charge in [-0.25, -0.2) is 0 Å². The molecule has 2 heterocycles. The molecule has 2 N–H and O–H groups in total. The molecule has 1 amide bonds. The van der Waals surface area contributed by atoms with Gasteiger partial charge in [0.15, 0.2) is 0 Å². The molecule has 1 atom stereocenters. The molecule has 0 spiro atoms. The first-order valence-electron chi connectivity index (χ1n) is 12.0. The third-order valence-corrected chi connectivity index (χ3v) is 6.41. The van der Waals surface area contributed by atoms with E-state index in [1.54, 1.807) is 0 Å². The summed E-state index contributed by atoms with van der Waals surface area (Å²) in [6, 6.07) is 0.130. The van der Waals surface area contributed by atoms with Crippen LogP contribution in [0.1, 0.15) is 96.3 Å². The van der Waals surface area contributed by atoms with E-state index in [9.17, 15) is 9.59 Å². The van der Waals surface area contributed by atoms with Gasteiger partial charge in [0.25, 0.3) is 0 Å². The minimum atomic E-state index is 0.130. The summed E-state index contributed by atoms with van der Waals surface area (Å²) >= 11 is 0. The first-order valence-corrected chi connectivity index (χ1v) is 12.0. The standard InChI is InChI=1S/C23H43N3O2/c24-16-9-11-18-26-20-12-19-25-17-10-8-13-21(25)22(27)14-6-4-2-1-3-5-7-15-23(26)28/h21H,1-20,24H2/t21-/m1/s1. The fourth-order valence-electron chi connectivity index (χ4n) is 4.68. The average molecular weight is 394 g/mol. The first kappa shape index (κ1) is 23.3. The van der Waals surface area contributed by atoms with Crippen LogP contribution in [0.3, 0.4) is 0 Å². The molecule has 2 aliphatic heterocycles. The molecule has 0 bridgehead atoms. The van der Waals surface area contributed by atoms with Gasteiger partial charge in [0, 0.05) is 32.5 Å². The maximum atomic E-state index is 12.8. The Morgan fingerprint density at radius 2 is 1.43 bits per heavy atom. The number of nitrogens with zero attached hydrogens (tertiary/aromatic N) is 2. The number of hydrogen-bond donors (Lipinski definition) is 1. The third kappa shape index (κ3) is 8.60. The molecule has 5 heteroatoms. The Bertz CT molecular complexity index is 455. The molecule has 0 radical (unpaired) electrons. The molecule has 28 heavy (non-hydrogen) atoms. The van der Waals surface area contributed by atoms with Gasteiger partial charge in [0.2, 0.25) is 5.91 Å². The van der Waals surface area contributed by atoms with E-state index in [0.29, 0.717) is 24.7 Å². The molecule has 2 rings (SSSR count). The molecule has 162 valence electrons. The summed E-state index contributed by atoms with van der Waals surface area (Å²) in [4.78, 5) is 30.0. The van der Waals surface area contributed by atoms with Crippen molar-refractivity contribution in [2.24, 2.45) is 5.73 Å². The molecule has 0 aliphatic carbocycles. The fraction of sp³-hybridized carbons (Fsp3) is 0.913. The van der Waals surface area contributed by atoms with Gasteiger partial charge in [-0.15, -0.1) is 0 Å². The number of nitrogens with two attached hydrogens (primary N) is 1. The van der Waals surface area contributed by atoms with Crippen molar-refractivity contribution in [3.8, 4) is 0 Å².